The van der Waals surface area contributed by atoms with Crippen LogP contribution in [0.15, 0.2) is 35.7 Å². The van der Waals surface area contributed by atoms with Crippen molar-refractivity contribution in [1.82, 2.24) is 5.32 Å². The van der Waals surface area contributed by atoms with Gasteiger partial charge in [0.25, 0.3) is 0 Å². The topological polar surface area (TPSA) is 41.1 Å². The van der Waals surface area contributed by atoms with Gasteiger partial charge >= 0.3 is 6.03 Å². The van der Waals surface area contributed by atoms with E-state index in [1.165, 1.54) is 0 Å². The number of thiophene rings is 1. The first-order valence-corrected chi connectivity index (χ1v) is 7.12. The lowest BCUT2D eigenvalue weighted by Crippen LogP contribution is -2.31. The molecule has 19 heavy (non-hydrogen) atoms. The summed E-state index contributed by atoms with van der Waals surface area (Å²) in [6, 6.07) is 9.87. The minimum atomic E-state index is -0.172. The summed E-state index contributed by atoms with van der Waals surface area (Å²) >= 11 is 1.64. The summed E-state index contributed by atoms with van der Waals surface area (Å²) in [4.78, 5) is 13.1. The number of carbonyl (C=O) groups excluding carboxylic acids is 1. The summed E-state index contributed by atoms with van der Waals surface area (Å²) in [6.45, 7) is 5.98. The van der Waals surface area contributed by atoms with Crippen molar-refractivity contribution in [2.45, 2.75) is 26.8 Å². The summed E-state index contributed by atoms with van der Waals surface area (Å²) in [5, 5.41) is 7.85. The van der Waals surface area contributed by atoms with E-state index < -0.39 is 0 Å². The van der Waals surface area contributed by atoms with Crippen molar-refractivity contribution in [3.8, 4) is 0 Å². The van der Waals surface area contributed by atoms with E-state index in [4.69, 9.17) is 0 Å². The summed E-state index contributed by atoms with van der Waals surface area (Å²) in [6.07, 6.45) is 0. The summed E-state index contributed by atoms with van der Waals surface area (Å²) in [5.41, 5.74) is 3.05. The Balaban J connectivity index is 1.99. The number of amides is 2. The van der Waals surface area contributed by atoms with Crippen molar-refractivity contribution < 1.29 is 4.79 Å². The number of hydrogen-bond acceptors (Lipinski definition) is 2. The fourth-order valence-corrected chi connectivity index (χ4v) is 2.57. The second-order valence-electron chi connectivity index (χ2n) is 4.65. The summed E-state index contributed by atoms with van der Waals surface area (Å²) in [5.74, 6) is 0. The van der Waals surface area contributed by atoms with Crippen molar-refractivity contribution in [1.29, 1.82) is 0 Å². The van der Waals surface area contributed by atoms with Crippen LogP contribution in [0.5, 0.6) is 0 Å². The Kier molecular flexibility index (Phi) is 4.22. The first kappa shape index (κ1) is 13.6. The van der Waals surface area contributed by atoms with Gasteiger partial charge in [-0.05, 0) is 49.4 Å². The molecule has 100 valence electrons. The molecule has 0 bridgehead atoms. The van der Waals surface area contributed by atoms with E-state index in [0.29, 0.717) is 0 Å². The molecule has 2 amide bonds. The number of anilines is 1. The first-order valence-electron chi connectivity index (χ1n) is 6.24. The monoisotopic (exact) mass is 274 g/mol. The van der Waals surface area contributed by atoms with Crippen LogP contribution < -0.4 is 10.6 Å². The highest BCUT2D eigenvalue weighted by atomic mass is 32.1. The highest BCUT2D eigenvalue weighted by molar-refractivity contribution is 7.10. The van der Waals surface area contributed by atoms with E-state index in [1.807, 2.05) is 56.5 Å². The smallest absolute Gasteiger partial charge is 0.319 e. The SMILES string of the molecule is Cc1ccc(C)c(NC(=O)NC(C)c2cccs2)c1. The predicted molar refractivity (Wildman–Crippen MR) is 80.8 cm³/mol. The number of benzene rings is 1. The van der Waals surface area contributed by atoms with Gasteiger partial charge in [0.2, 0.25) is 0 Å². The van der Waals surface area contributed by atoms with Gasteiger partial charge in [-0.15, -0.1) is 11.3 Å². The fraction of sp³-hybridized carbons (Fsp3) is 0.267. The Bertz CT molecular complexity index is 564. The molecule has 1 aromatic carbocycles. The van der Waals surface area contributed by atoms with Crippen molar-refractivity contribution in [3.05, 3.63) is 51.7 Å². The van der Waals surface area contributed by atoms with Gasteiger partial charge in [0, 0.05) is 10.6 Å². The van der Waals surface area contributed by atoms with E-state index in [1.54, 1.807) is 11.3 Å². The van der Waals surface area contributed by atoms with Crippen molar-refractivity contribution in [3.63, 3.8) is 0 Å². The van der Waals surface area contributed by atoms with Crippen LogP contribution in [-0.2, 0) is 0 Å². The molecule has 0 aliphatic carbocycles. The predicted octanol–water partition coefficient (Wildman–Crippen LogP) is 4.25. The summed E-state index contributed by atoms with van der Waals surface area (Å²) in [7, 11) is 0. The molecule has 1 atom stereocenters. The number of carbonyl (C=O) groups is 1. The van der Waals surface area contributed by atoms with E-state index in [9.17, 15) is 4.79 Å². The highest BCUT2D eigenvalue weighted by Crippen LogP contribution is 2.19. The van der Waals surface area contributed by atoms with Crippen LogP contribution in [0.1, 0.15) is 29.0 Å². The molecule has 1 heterocycles. The van der Waals surface area contributed by atoms with Crippen LogP contribution in [0.2, 0.25) is 0 Å². The zero-order valence-electron chi connectivity index (χ0n) is 11.4. The van der Waals surface area contributed by atoms with E-state index in [0.717, 1.165) is 21.7 Å². The minimum absolute atomic E-state index is 0.0186. The Labute approximate surface area is 117 Å². The second kappa shape index (κ2) is 5.89. The van der Waals surface area contributed by atoms with Gasteiger partial charge in [0.1, 0.15) is 0 Å². The molecule has 3 nitrogen and oxygen atoms in total. The molecule has 4 heteroatoms. The van der Waals surface area contributed by atoms with E-state index in [2.05, 4.69) is 10.6 Å². The lowest BCUT2D eigenvalue weighted by Gasteiger charge is -2.14. The molecule has 2 aromatic rings. The molecule has 0 aliphatic rings. The fourth-order valence-electron chi connectivity index (χ4n) is 1.83. The Hall–Kier alpha value is -1.81. The number of hydrogen-bond donors (Lipinski definition) is 2. The maximum atomic E-state index is 12.0. The largest absolute Gasteiger partial charge is 0.331 e. The van der Waals surface area contributed by atoms with Crippen molar-refractivity contribution >= 4 is 23.1 Å². The van der Waals surface area contributed by atoms with Crippen LogP contribution in [0.4, 0.5) is 10.5 Å². The number of nitrogens with one attached hydrogen (secondary N) is 2. The molecule has 1 aromatic heterocycles. The van der Waals surface area contributed by atoms with Gasteiger partial charge in [-0.25, -0.2) is 4.79 Å². The zero-order chi connectivity index (χ0) is 13.8. The van der Waals surface area contributed by atoms with Gasteiger partial charge in [-0.3, -0.25) is 0 Å². The molecule has 0 spiro atoms. The molecule has 2 N–H and O–H groups in total. The Morgan fingerprint density at radius 3 is 2.74 bits per heavy atom. The van der Waals surface area contributed by atoms with Crippen LogP contribution in [-0.4, -0.2) is 6.03 Å². The van der Waals surface area contributed by atoms with Gasteiger partial charge in [-0.1, -0.05) is 18.2 Å². The van der Waals surface area contributed by atoms with Gasteiger partial charge < -0.3 is 10.6 Å². The van der Waals surface area contributed by atoms with Crippen molar-refractivity contribution in [2.24, 2.45) is 0 Å². The van der Waals surface area contributed by atoms with Gasteiger partial charge in [-0.2, -0.15) is 0 Å². The van der Waals surface area contributed by atoms with Gasteiger partial charge in [0.15, 0.2) is 0 Å². The molecule has 0 fully saturated rings. The number of aryl methyl sites for hydroxylation is 2. The zero-order valence-corrected chi connectivity index (χ0v) is 12.2. The molecule has 0 aliphatic heterocycles. The standard InChI is InChI=1S/C15H18N2OS/c1-10-6-7-11(2)13(9-10)17-15(18)16-12(3)14-5-4-8-19-14/h4-9,12H,1-3H3,(H2,16,17,18). The Morgan fingerprint density at radius 1 is 1.26 bits per heavy atom. The molecule has 0 saturated heterocycles. The third kappa shape index (κ3) is 3.58. The molecule has 0 saturated carbocycles. The van der Waals surface area contributed by atoms with E-state index in [-0.39, 0.29) is 12.1 Å². The molecular weight excluding hydrogens is 256 g/mol. The maximum absolute atomic E-state index is 12.0. The lowest BCUT2D eigenvalue weighted by molar-refractivity contribution is 0.249. The van der Waals surface area contributed by atoms with Crippen LogP contribution in [0, 0.1) is 13.8 Å². The lowest BCUT2D eigenvalue weighted by atomic mass is 10.1. The average molecular weight is 274 g/mol. The normalized spacial score (nSPS) is 11.9. The summed E-state index contributed by atoms with van der Waals surface area (Å²) < 4.78 is 0. The second-order valence-corrected chi connectivity index (χ2v) is 5.63. The molecule has 0 radical (unpaired) electrons. The third-order valence-electron chi connectivity index (χ3n) is 2.96. The quantitative estimate of drug-likeness (QED) is 0.863. The first-order chi connectivity index (χ1) is 9.06. The molecule has 1 unspecified atom stereocenters. The highest BCUT2D eigenvalue weighted by Gasteiger charge is 2.11. The minimum Gasteiger partial charge on any atom is -0.331 e. The Morgan fingerprint density at radius 2 is 2.05 bits per heavy atom. The van der Waals surface area contributed by atoms with Crippen LogP contribution in [0.3, 0.4) is 0 Å². The van der Waals surface area contributed by atoms with Crippen LogP contribution >= 0.6 is 11.3 Å². The number of urea groups is 1. The van der Waals surface area contributed by atoms with Crippen LogP contribution in [0.25, 0.3) is 0 Å². The third-order valence-corrected chi connectivity index (χ3v) is 4.01. The average Bonchev–Trinajstić information content (AvgIpc) is 2.87. The maximum Gasteiger partial charge on any atom is 0.319 e. The van der Waals surface area contributed by atoms with E-state index >= 15 is 0 Å². The number of rotatable bonds is 3. The van der Waals surface area contributed by atoms with Crippen molar-refractivity contribution in [2.75, 3.05) is 5.32 Å². The molecule has 2 rings (SSSR count). The molecular formula is C15H18N2OS. The van der Waals surface area contributed by atoms with Gasteiger partial charge in [0.05, 0.1) is 6.04 Å².